The summed E-state index contributed by atoms with van der Waals surface area (Å²) in [5.41, 5.74) is 2.20. The standard InChI is InChI=1S/C12H22/c1-5-6-7-12-8-10(2,3)11(12,4)9-12/h5-9H2,1-4H3. The molecule has 2 fully saturated rings. The molecule has 0 aromatic carbocycles. The quantitative estimate of drug-likeness (QED) is 0.594. The van der Waals surface area contributed by atoms with E-state index in [4.69, 9.17) is 0 Å². The molecule has 0 aromatic rings. The Balaban J connectivity index is 1.97. The average molecular weight is 166 g/mol. The fourth-order valence-corrected chi connectivity index (χ4v) is 3.75. The highest BCUT2D eigenvalue weighted by Gasteiger charge is 2.78. The van der Waals surface area contributed by atoms with Crippen molar-refractivity contribution in [3.8, 4) is 0 Å². The van der Waals surface area contributed by atoms with Crippen molar-refractivity contribution < 1.29 is 0 Å². The van der Waals surface area contributed by atoms with Crippen molar-refractivity contribution in [3.05, 3.63) is 0 Å². The molecule has 0 heterocycles. The van der Waals surface area contributed by atoms with Gasteiger partial charge in [-0.15, -0.1) is 0 Å². The molecule has 0 aromatic heterocycles. The highest BCUT2D eigenvalue weighted by Crippen LogP contribution is 2.86. The van der Waals surface area contributed by atoms with E-state index < -0.39 is 0 Å². The SMILES string of the molecule is CCCCC12CC(C)(C)C1(C)C2. The predicted molar refractivity (Wildman–Crippen MR) is 53.1 cm³/mol. The van der Waals surface area contributed by atoms with Gasteiger partial charge in [-0.25, -0.2) is 0 Å². The Kier molecular flexibility index (Phi) is 1.49. The van der Waals surface area contributed by atoms with Gasteiger partial charge in [-0.2, -0.15) is 0 Å². The lowest BCUT2D eigenvalue weighted by Crippen LogP contribution is -2.41. The fourth-order valence-electron chi connectivity index (χ4n) is 3.75. The molecular formula is C12H22. The van der Waals surface area contributed by atoms with Gasteiger partial charge in [0.25, 0.3) is 0 Å². The summed E-state index contributed by atoms with van der Waals surface area (Å²) in [5.74, 6) is 0. The first-order chi connectivity index (χ1) is 5.47. The van der Waals surface area contributed by atoms with Crippen LogP contribution in [0.25, 0.3) is 0 Å². The van der Waals surface area contributed by atoms with E-state index in [1.807, 2.05) is 0 Å². The number of hydrogen-bond acceptors (Lipinski definition) is 0. The Hall–Kier alpha value is 0. The molecule has 70 valence electrons. The molecule has 2 aliphatic rings. The summed E-state index contributed by atoms with van der Waals surface area (Å²) in [6.45, 7) is 9.71. The van der Waals surface area contributed by atoms with Crippen LogP contribution < -0.4 is 0 Å². The molecule has 0 heteroatoms. The van der Waals surface area contributed by atoms with Crippen LogP contribution in [0.15, 0.2) is 0 Å². The van der Waals surface area contributed by atoms with Gasteiger partial charge in [0.1, 0.15) is 0 Å². The molecule has 0 aliphatic heterocycles. The average Bonchev–Trinajstić information content (AvgIpc) is 2.48. The van der Waals surface area contributed by atoms with Gasteiger partial charge in [0.2, 0.25) is 0 Å². The monoisotopic (exact) mass is 166 g/mol. The summed E-state index contributed by atoms with van der Waals surface area (Å²) in [6, 6.07) is 0. The second-order valence-electron chi connectivity index (χ2n) is 5.95. The third kappa shape index (κ3) is 0.744. The van der Waals surface area contributed by atoms with E-state index in [1.165, 1.54) is 32.1 Å². The van der Waals surface area contributed by atoms with Gasteiger partial charge in [0, 0.05) is 0 Å². The Bertz CT molecular complexity index is 204. The van der Waals surface area contributed by atoms with Crippen LogP contribution in [-0.2, 0) is 0 Å². The van der Waals surface area contributed by atoms with Crippen LogP contribution in [-0.4, -0.2) is 0 Å². The summed E-state index contributed by atoms with van der Waals surface area (Å²) >= 11 is 0. The summed E-state index contributed by atoms with van der Waals surface area (Å²) in [4.78, 5) is 0. The van der Waals surface area contributed by atoms with Crippen LogP contribution in [0.3, 0.4) is 0 Å². The maximum Gasteiger partial charge on any atom is -0.0212 e. The molecule has 2 atom stereocenters. The van der Waals surface area contributed by atoms with E-state index in [0.29, 0.717) is 5.41 Å². The van der Waals surface area contributed by atoms with E-state index in [1.54, 1.807) is 0 Å². The van der Waals surface area contributed by atoms with Gasteiger partial charge >= 0.3 is 0 Å². The van der Waals surface area contributed by atoms with Gasteiger partial charge in [-0.1, -0.05) is 40.5 Å². The van der Waals surface area contributed by atoms with E-state index in [9.17, 15) is 0 Å². The minimum Gasteiger partial charge on any atom is -0.0654 e. The van der Waals surface area contributed by atoms with Crippen molar-refractivity contribution in [3.63, 3.8) is 0 Å². The van der Waals surface area contributed by atoms with Crippen LogP contribution in [0.2, 0.25) is 0 Å². The third-order valence-corrected chi connectivity index (χ3v) is 5.02. The third-order valence-electron chi connectivity index (χ3n) is 5.02. The predicted octanol–water partition coefficient (Wildman–Crippen LogP) is 4.00. The van der Waals surface area contributed by atoms with Crippen LogP contribution >= 0.6 is 0 Å². The van der Waals surface area contributed by atoms with Gasteiger partial charge in [-0.05, 0) is 35.5 Å². The van der Waals surface area contributed by atoms with Crippen molar-refractivity contribution in [2.45, 2.75) is 59.8 Å². The first-order valence-electron chi connectivity index (χ1n) is 5.47. The van der Waals surface area contributed by atoms with E-state index in [2.05, 4.69) is 27.7 Å². The number of hydrogen-bond donors (Lipinski definition) is 0. The zero-order valence-electron chi connectivity index (χ0n) is 9.04. The topological polar surface area (TPSA) is 0 Å². The van der Waals surface area contributed by atoms with Crippen molar-refractivity contribution in [1.29, 1.82) is 0 Å². The Morgan fingerprint density at radius 1 is 1.08 bits per heavy atom. The number of rotatable bonds is 3. The maximum absolute atomic E-state index is 2.51. The lowest BCUT2D eigenvalue weighted by atomic mass is 9.55. The molecule has 2 rings (SSSR count). The fraction of sp³-hybridized carbons (Fsp3) is 1.00. The number of fused-ring (bicyclic) bond motifs is 1. The molecule has 0 N–H and O–H groups in total. The largest absolute Gasteiger partial charge is 0.0654 e. The minimum absolute atomic E-state index is 0.654. The Morgan fingerprint density at radius 3 is 2.08 bits per heavy atom. The molecule has 0 amide bonds. The van der Waals surface area contributed by atoms with Crippen molar-refractivity contribution in [1.82, 2.24) is 0 Å². The van der Waals surface area contributed by atoms with Crippen LogP contribution in [0.4, 0.5) is 0 Å². The molecule has 0 bridgehead atoms. The minimum atomic E-state index is 0.654. The van der Waals surface area contributed by atoms with Crippen LogP contribution in [0.5, 0.6) is 0 Å². The number of unbranched alkanes of at least 4 members (excludes halogenated alkanes) is 1. The molecule has 2 aliphatic carbocycles. The summed E-state index contributed by atoms with van der Waals surface area (Å²) in [5, 5.41) is 0. The molecule has 0 spiro atoms. The van der Waals surface area contributed by atoms with E-state index in [-0.39, 0.29) is 0 Å². The summed E-state index contributed by atoms with van der Waals surface area (Å²) < 4.78 is 0. The normalized spacial score (nSPS) is 48.0. The molecule has 0 nitrogen and oxygen atoms in total. The summed E-state index contributed by atoms with van der Waals surface area (Å²) in [7, 11) is 0. The maximum atomic E-state index is 2.51. The zero-order valence-corrected chi connectivity index (χ0v) is 9.04. The first-order valence-corrected chi connectivity index (χ1v) is 5.47. The van der Waals surface area contributed by atoms with Gasteiger partial charge in [-0.3, -0.25) is 0 Å². The smallest absolute Gasteiger partial charge is 0.0212 e. The first kappa shape index (κ1) is 8.59. The molecular weight excluding hydrogens is 144 g/mol. The van der Waals surface area contributed by atoms with Crippen molar-refractivity contribution in [2.24, 2.45) is 16.2 Å². The second-order valence-corrected chi connectivity index (χ2v) is 5.95. The molecule has 0 radical (unpaired) electrons. The van der Waals surface area contributed by atoms with Crippen LogP contribution in [0.1, 0.15) is 59.8 Å². The second kappa shape index (κ2) is 2.08. The lowest BCUT2D eigenvalue weighted by molar-refractivity contribution is -0.00383. The van der Waals surface area contributed by atoms with Gasteiger partial charge < -0.3 is 0 Å². The van der Waals surface area contributed by atoms with Crippen molar-refractivity contribution >= 4 is 0 Å². The highest BCUT2D eigenvalue weighted by molar-refractivity contribution is 5.27. The Morgan fingerprint density at radius 2 is 1.75 bits per heavy atom. The lowest BCUT2D eigenvalue weighted by Gasteiger charge is -2.49. The zero-order chi connectivity index (χ0) is 9.04. The van der Waals surface area contributed by atoms with Crippen LogP contribution in [0, 0.1) is 16.2 Å². The van der Waals surface area contributed by atoms with E-state index >= 15 is 0 Å². The Labute approximate surface area is 76.7 Å². The molecule has 0 saturated heterocycles. The molecule has 2 unspecified atom stereocenters. The van der Waals surface area contributed by atoms with E-state index in [0.717, 1.165) is 10.8 Å². The molecule has 12 heavy (non-hydrogen) atoms. The molecule has 2 saturated carbocycles. The van der Waals surface area contributed by atoms with Crippen molar-refractivity contribution in [2.75, 3.05) is 0 Å². The van der Waals surface area contributed by atoms with Gasteiger partial charge in [0.15, 0.2) is 0 Å². The van der Waals surface area contributed by atoms with Gasteiger partial charge in [0.05, 0.1) is 0 Å². The highest BCUT2D eigenvalue weighted by atomic mass is 14.8. The summed E-state index contributed by atoms with van der Waals surface area (Å²) in [6.07, 6.45) is 7.34.